The molecule has 2 bridgehead atoms. The van der Waals surface area contributed by atoms with Gasteiger partial charge in [0.15, 0.2) is 0 Å². The van der Waals surface area contributed by atoms with Crippen LogP contribution >= 0.6 is 0 Å². The standard InChI is InChI=1S/C12H18F2N4O7S/c1-15-11(2-3-11)6-24-16-9(19)7-4-12(13,14)8-5-17(7)10(20)18(8)25-26(21,22)23/h7-8,15H,2-6H2,1H3,(H,16,19)(H,21,22,23)/t7-,8?/m0/s1. The summed E-state index contributed by atoms with van der Waals surface area (Å²) in [7, 11) is -3.45. The maximum atomic E-state index is 14.3. The van der Waals surface area contributed by atoms with Crippen LogP contribution in [0.5, 0.6) is 0 Å². The first-order valence-corrected chi connectivity index (χ1v) is 9.10. The zero-order valence-electron chi connectivity index (χ0n) is 13.6. The lowest BCUT2D eigenvalue weighted by Gasteiger charge is -2.34. The molecule has 3 N–H and O–H groups in total. The van der Waals surface area contributed by atoms with Crippen molar-refractivity contribution in [3.8, 4) is 0 Å². The van der Waals surface area contributed by atoms with E-state index >= 15 is 0 Å². The molecule has 3 aliphatic rings. The number of nitrogens with zero attached hydrogens (tertiary/aromatic N) is 2. The third-order valence-electron chi connectivity index (χ3n) is 4.80. The van der Waals surface area contributed by atoms with Gasteiger partial charge in [-0.1, -0.05) is 0 Å². The van der Waals surface area contributed by atoms with Gasteiger partial charge in [0.05, 0.1) is 13.2 Å². The van der Waals surface area contributed by atoms with Gasteiger partial charge in [0.1, 0.15) is 12.1 Å². The molecule has 2 aliphatic heterocycles. The minimum absolute atomic E-state index is 0.121. The third kappa shape index (κ3) is 3.59. The molecule has 26 heavy (non-hydrogen) atoms. The lowest BCUT2D eigenvalue weighted by Crippen LogP contribution is -2.56. The summed E-state index contributed by atoms with van der Waals surface area (Å²) in [5.41, 5.74) is 1.80. The van der Waals surface area contributed by atoms with E-state index in [0.29, 0.717) is 0 Å². The summed E-state index contributed by atoms with van der Waals surface area (Å²) in [6, 6.07) is -4.78. The highest BCUT2D eigenvalue weighted by Crippen LogP contribution is 2.41. The highest BCUT2D eigenvalue weighted by Gasteiger charge is 2.62. The number of rotatable bonds is 7. The van der Waals surface area contributed by atoms with Gasteiger partial charge in [-0.25, -0.2) is 19.1 Å². The van der Waals surface area contributed by atoms with Gasteiger partial charge in [-0.2, -0.15) is 13.5 Å². The summed E-state index contributed by atoms with van der Waals surface area (Å²) in [4.78, 5) is 30.1. The Morgan fingerprint density at radius 1 is 1.42 bits per heavy atom. The SMILES string of the molecule is CNC1(CONC(=O)[C@@H]2CC(F)(F)C3CN2C(=O)N3OS(=O)(=O)O)CC1. The Hall–Kier alpha value is -1.61. The maximum absolute atomic E-state index is 14.3. The van der Waals surface area contributed by atoms with Gasteiger partial charge < -0.3 is 10.2 Å². The molecule has 0 aromatic rings. The summed E-state index contributed by atoms with van der Waals surface area (Å²) < 4.78 is 62.7. The van der Waals surface area contributed by atoms with Gasteiger partial charge in [-0.15, -0.1) is 4.28 Å². The van der Waals surface area contributed by atoms with Crippen molar-refractivity contribution in [1.82, 2.24) is 20.8 Å². The lowest BCUT2D eigenvalue weighted by molar-refractivity contribution is -0.159. The van der Waals surface area contributed by atoms with Crippen LogP contribution in [0.2, 0.25) is 0 Å². The van der Waals surface area contributed by atoms with Crippen LogP contribution in [0.4, 0.5) is 13.6 Å². The Balaban J connectivity index is 1.68. The highest BCUT2D eigenvalue weighted by molar-refractivity contribution is 7.80. The molecule has 14 heteroatoms. The number of hydrogen-bond donors (Lipinski definition) is 3. The van der Waals surface area contributed by atoms with E-state index in [1.807, 2.05) is 0 Å². The molecule has 0 radical (unpaired) electrons. The average Bonchev–Trinajstić information content (AvgIpc) is 3.25. The van der Waals surface area contributed by atoms with Crippen LogP contribution in [0.3, 0.4) is 0 Å². The summed E-state index contributed by atoms with van der Waals surface area (Å²) in [6.45, 7) is -0.507. The quantitative estimate of drug-likeness (QED) is 0.367. The number of urea groups is 1. The highest BCUT2D eigenvalue weighted by atomic mass is 32.3. The van der Waals surface area contributed by atoms with Crippen molar-refractivity contribution in [1.29, 1.82) is 0 Å². The van der Waals surface area contributed by atoms with Crippen LogP contribution in [-0.2, 0) is 24.3 Å². The smallest absolute Gasteiger partial charge is 0.312 e. The van der Waals surface area contributed by atoms with E-state index in [-0.39, 0.29) is 17.2 Å². The molecule has 2 heterocycles. The minimum atomic E-state index is -5.18. The predicted octanol–water partition coefficient (Wildman–Crippen LogP) is -0.966. The van der Waals surface area contributed by atoms with E-state index in [1.165, 1.54) is 0 Å². The van der Waals surface area contributed by atoms with E-state index in [1.54, 1.807) is 7.05 Å². The molecule has 0 aromatic heterocycles. The van der Waals surface area contributed by atoms with E-state index in [9.17, 15) is 26.8 Å². The van der Waals surface area contributed by atoms with Crippen LogP contribution in [0, 0.1) is 0 Å². The molecule has 1 saturated carbocycles. The van der Waals surface area contributed by atoms with Crippen molar-refractivity contribution >= 4 is 22.3 Å². The number of halogens is 2. The second-order valence-electron chi connectivity index (χ2n) is 6.55. The summed E-state index contributed by atoms with van der Waals surface area (Å²) >= 11 is 0. The van der Waals surface area contributed by atoms with Crippen molar-refractivity contribution in [2.75, 3.05) is 20.2 Å². The predicted molar refractivity (Wildman–Crippen MR) is 78.8 cm³/mol. The van der Waals surface area contributed by atoms with Crippen LogP contribution in [-0.4, -0.2) is 78.6 Å². The zero-order chi connectivity index (χ0) is 19.3. The number of hydrogen-bond acceptors (Lipinski definition) is 7. The Labute approximate surface area is 147 Å². The van der Waals surface area contributed by atoms with Crippen LogP contribution < -0.4 is 10.8 Å². The van der Waals surface area contributed by atoms with Crippen molar-refractivity contribution < 1.29 is 40.5 Å². The van der Waals surface area contributed by atoms with Gasteiger partial charge >= 0.3 is 16.4 Å². The Kier molecular flexibility index (Phi) is 4.59. The van der Waals surface area contributed by atoms with Gasteiger partial charge in [0.25, 0.3) is 11.8 Å². The zero-order valence-corrected chi connectivity index (χ0v) is 14.5. The van der Waals surface area contributed by atoms with E-state index in [4.69, 9.17) is 9.39 Å². The van der Waals surface area contributed by atoms with Crippen molar-refractivity contribution in [3.05, 3.63) is 0 Å². The molecular formula is C12H18F2N4O7S. The fourth-order valence-electron chi connectivity index (χ4n) is 3.02. The normalized spacial score (nSPS) is 29.0. The van der Waals surface area contributed by atoms with Crippen molar-refractivity contribution in [2.45, 2.75) is 42.8 Å². The molecule has 3 fully saturated rings. The summed E-state index contributed by atoms with van der Waals surface area (Å²) in [6.07, 6.45) is 0.644. The largest absolute Gasteiger partial charge is 0.418 e. The van der Waals surface area contributed by atoms with Crippen molar-refractivity contribution in [2.24, 2.45) is 0 Å². The topological polar surface area (TPSA) is 138 Å². The van der Waals surface area contributed by atoms with Gasteiger partial charge in [0, 0.05) is 12.0 Å². The van der Waals surface area contributed by atoms with E-state index in [2.05, 4.69) is 15.1 Å². The van der Waals surface area contributed by atoms with E-state index in [0.717, 1.165) is 17.7 Å². The van der Waals surface area contributed by atoms with Gasteiger partial charge in [-0.3, -0.25) is 14.2 Å². The Morgan fingerprint density at radius 3 is 2.62 bits per heavy atom. The monoisotopic (exact) mass is 400 g/mol. The Bertz CT molecular complexity index is 714. The molecule has 0 spiro atoms. The molecule has 3 amide bonds. The minimum Gasteiger partial charge on any atom is -0.312 e. The number of alkyl halides is 2. The van der Waals surface area contributed by atoms with Crippen LogP contribution in [0.15, 0.2) is 0 Å². The first-order valence-electron chi connectivity index (χ1n) is 7.73. The number of fused-ring (bicyclic) bond motifs is 2. The number of likely N-dealkylation sites (N-methyl/N-ethyl adjacent to an activating group) is 1. The number of hydroxylamine groups is 3. The summed E-state index contributed by atoms with van der Waals surface area (Å²) in [5, 5.41) is 2.89. The number of piperidine rings is 1. The molecule has 11 nitrogen and oxygen atoms in total. The van der Waals surface area contributed by atoms with Crippen LogP contribution in [0.25, 0.3) is 0 Å². The molecule has 2 saturated heterocycles. The second kappa shape index (κ2) is 6.23. The van der Waals surface area contributed by atoms with Crippen molar-refractivity contribution in [3.63, 3.8) is 0 Å². The number of nitrogens with one attached hydrogen (secondary N) is 2. The molecule has 1 aliphatic carbocycles. The first-order chi connectivity index (χ1) is 12.0. The molecule has 2 atom stereocenters. The van der Waals surface area contributed by atoms with Gasteiger partial charge in [0.2, 0.25) is 0 Å². The molecule has 0 aromatic carbocycles. The fourth-order valence-corrected chi connectivity index (χ4v) is 3.39. The third-order valence-corrected chi connectivity index (χ3v) is 5.15. The Morgan fingerprint density at radius 2 is 2.08 bits per heavy atom. The summed E-state index contributed by atoms with van der Waals surface area (Å²) in [5.74, 6) is -4.57. The maximum Gasteiger partial charge on any atom is 0.418 e. The second-order valence-corrected chi connectivity index (χ2v) is 7.55. The fraction of sp³-hybridized carbons (Fsp3) is 0.833. The number of carbonyl (C=O) groups is 2. The first kappa shape index (κ1) is 19.2. The van der Waals surface area contributed by atoms with E-state index < -0.39 is 53.3 Å². The lowest BCUT2D eigenvalue weighted by atomic mass is 9.96. The molecule has 3 rings (SSSR count). The number of carbonyl (C=O) groups excluding carboxylic acids is 2. The van der Waals surface area contributed by atoms with Crippen LogP contribution in [0.1, 0.15) is 19.3 Å². The van der Waals surface area contributed by atoms with Gasteiger partial charge in [-0.05, 0) is 19.9 Å². The molecule has 148 valence electrons. The molecular weight excluding hydrogens is 382 g/mol. The number of amides is 3. The molecule has 1 unspecified atom stereocenters. The average molecular weight is 400 g/mol.